The van der Waals surface area contributed by atoms with Crippen LogP contribution in [0.5, 0.6) is 0 Å². The number of hydrogen-bond acceptors (Lipinski definition) is 9. The molecule has 0 unspecified atom stereocenters. The van der Waals surface area contributed by atoms with Crippen LogP contribution in [0, 0.1) is 0 Å². The van der Waals surface area contributed by atoms with Crippen LogP contribution in [0.2, 0.25) is 0 Å². The van der Waals surface area contributed by atoms with Crippen molar-refractivity contribution in [3.63, 3.8) is 0 Å². The van der Waals surface area contributed by atoms with E-state index < -0.39 is 9.84 Å². The average Bonchev–Trinajstić information content (AvgIpc) is 3.17. The highest BCUT2D eigenvalue weighted by Crippen LogP contribution is 2.31. The summed E-state index contributed by atoms with van der Waals surface area (Å²) in [6.45, 7) is 4.75. The van der Waals surface area contributed by atoms with Crippen LogP contribution in [0.25, 0.3) is 10.2 Å². The molecule has 1 aromatic heterocycles. The minimum Gasteiger partial charge on any atom is -0.494 e. The standard InChI is InChI=1S/C19H23N3O6S2/c1-30(24,25)14-2-3-15-17(12-14)29-19(20-15)22(5-4-21-6-8-26-9-7-21)18(23)16-13-27-10-11-28-16/h2-3,12-13H,4-11H2,1H3. The Hall–Kier alpha value is -2.21. The summed E-state index contributed by atoms with van der Waals surface area (Å²) in [5, 5.41) is 0.490. The number of morpholine rings is 1. The molecule has 2 aliphatic heterocycles. The van der Waals surface area contributed by atoms with Gasteiger partial charge in [-0.3, -0.25) is 14.6 Å². The van der Waals surface area contributed by atoms with E-state index in [4.69, 9.17) is 14.2 Å². The fourth-order valence-electron chi connectivity index (χ4n) is 3.20. The summed E-state index contributed by atoms with van der Waals surface area (Å²) < 4.78 is 40.6. The monoisotopic (exact) mass is 453 g/mol. The molecule has 4 rings (SSSR count). The molecule has 0 bridgehead atoms. The molecule has 3 heterocycles. The molecule has 0 aliphatic carbocycles. The summed E-state index contributed by atoms with van der Waals surface area (Å²) in [6.07, 6.45) is 2.50. The topological polar surface area (TPSA) is 98.3 Å². The van der Waals surface area contributed by atoms with E-state index in [9.17, 15) is 13.2 Å². The van der Waals surface area contributed by atoms with Crippen LogP contribution in [0.4, 0.5) is 5.13 Å². The number of nitrogens with zero attached hydrogens (tertiary/aromatic N) is 3. The normalized spacial score (nSPS) is 17.8. The minimum absolute atomic E-state index is 0.138. The number of hydrogen-bond donors (Lipinski definition) is 0. The second-order valence-electron chi connectivity index (χ2n) is 7.01. The summed E-state index contributed by atoms with van der Waals surface area (Å²) in [6, 6.07) is 4.79. The largest absolute Gasteiger partial charge is 0.494 e. The SMILES string of the molecule is CS(=O)(=O)c1ccc2nc(N(CCN3CCOCC3)C(=O)C3=COCCO3)sc2c1. The Bertz CT molecular complexity index is 1060. The summed E-state index contributed by atoms with van der Waals surface area (Å²) >= 11 is 1.28. The summed E-state index contributed by atoms with van der Waals surface area (Å²) in [5.41, 5.74) is 0.640. The molecule has 0 saturated carbocycles. The van der Waals surface area contributed by atoms with E-state index in [0.29, 0.717) is 54.9 Å². The second-order valence-corrected chi connectivity index (χ2v) is 10.0. The van der Waals surface area contributed by atoms with Gasteiger partial charge < -0.3 is 14.2 Å². The third-order valence-electron chi connectivity index (χ3n) is 4.86. The summed E-state index contributed by atoms with van der Waals surface area (Å²) in [5.74, 6) is -0.190. The van der Waals surface area contributed by atoms with Gasteiger partial charge in [0.1, 0.15) is 19.5 Å². The van der Waals surface area contributed by atoms with Crippen molar-refractivity contribution < 1.29 is 27.4 Å². The molecule has 1 aromatic carbocycles. The summed E-state index contributed by atoms with van der Waals surface area (Å²) in [7, 11) is -3.33. The van der Waals surface area contributed by atoms with E-state index in [1.165, 1.54) is 29.9 Å². The van der Waals surface area contributed by atoms with Gasteiger partial charge in [0.15, 0.2) is 15.0 Å². The van der Waals surface area contributed by atoms with Gasteiger partial charge in [-0.2, -0.15) is 0 Å². The smallest absolute Gasteiger partial charge is 0.298 e. The maximum atomic E-state index is 13.2. The Labute approximate surface area is 178 Å². The first kappa shape index (κ1) is 21.0. The second kappa shape index (κ2) is 8.88. The van der Waals surface area contributed by atoms with Crippen molar-refractivity contribution in [3.05, 3.63) is 30.2 Å². The van der Waals surface area contributed by atoms with Crippen LogP contribution < -0.4 is 4.90 Å². The zero-order valence-electron chi connectivity index (χ0n) is 16.6. The van der Waals surface area contributed by atoms with Crippen LogP contribution in [-0.2, 0) is 28.8 Å². The van der Waals surface area contributed by atoms with Gasteiger partial charge in [-0.1, -0.05) is 11.3 Å². The zero-order chi connectivity index (χ0) is 21.1. The quantitative estimate of drug-likeness (QED) is 0.645. The van der Waals surface area contributed by atoms with E-state index >= 15 is 0 Å². The van der Waals surface area contributed by atoms with Crippen LogP contribution >= 0.6 is 11.3 Å². The third kappa shape index (κ3) is 4.75. The van der Waals surface area contributed by atoms with Crippen molar-refractivity contribution in [2.24, 2.45) is 0 Å². The van der Waals surface area contributed by atoms with Crippen molar-refractivity contribution in [1.29, 1.82) is 0 Å². The maximum Gasteiger partial charge on any atom is 0.298 e. The van der Waals surface area contributed by atoms with Crippen molar-refractivity contribution in [3.8, 4) is 0 Å². The van der Waals surface area contributed by atoms with E-state index in [1.807, 2.05) is 0 Å². The molecule has 9 nitrogen and oxygen atoms in total. The van der Waals surface area contributed by atoms with Gasteiger partial charge in [0.2, 0.25) is 5.76 Å². The first-order valence-corrected chi connectivity index (χ1v) is 12.3. The number of sulfone groups is 1. The number of carbonyl (C=O) groups is 1. The molecule has 1 saturated heterocycles. The predicted molar refractivity (Wildman–Crippen MR) is 112 cm³/mol. The predicted octanol–water partition coefficient (Wildman–Crippen LogP) is 1.25. The Balaban J connectivity index is 1.63. The Morgan fingerprint density at radius 2 is 2.03 bits per heavy atom. The fourth-order valence-corrected chi connectivity index (χ4v) is 4.95. The van der Waals surface area contributed by atoms with Crippen LogP contribution in [0.1, 0.15) is 0 Å². The molecule has 30 heavy (non-hydrogen) atoms. The van der Waals surface area contributed by atoms with Crippen LogP contribution in [0.3, 0.4) is 0 Å². The van der Waals surface area contributed by atoms with Gasteiger partial charge in [-0.05, 0) is 18.2 Å². The first-order valence-electron chi connectivity index (χ1n) is 9.59. The van der Waals surface area contributed by atoms with Crippen molar-refractivity contribution in [1.82, 2.24) is 9.88 Å². The van der Waals surface area contributed by atoms with E-state index in [1.54, 1.807) is 17.0 Å². The van der Waals surface area contributed by atoms with E-state index in [0.717, 1.165) is 13.1 Å². The van der Waals surface area contributed by atoms with Crippen molar-refractivity contribution in [2.45, 2.75) is 4.90 Å². The van der Waals surface area contributed by atoms with E-state index in [-0.39, 0.29) is 16.6 Å². The fraction of sp³-hybridized carbons (Fsp3) is 0.474. The lowest BCUT2D eigenvalue weighted by Crippen LogP contribution is -2.44. The minimum atomic E-state index is -3.33. The number of thiazole rings is 1. The van der Waals surface area contributed by atoms with Gasteiger partial charge in [-0.25, -0.2) is 13.4 Å². The molecular weight excluding hydrogens is 430 g/mol. The number of benzene rings is 1. The third-order valence-corrected chi connectivity index (χ3v) is 7.01. The van der Waals surface area contributed by atoms with E-state index in [2.05, 4.69) is 9.88 Å². The zero-order valence-corrected chi connectivity index (χ0v) is 18.2. The molecule has 2 aliphatic rings. The van der Waals surface area contributed by atoms with Crippen LogP contribution in [-0.4, -0.2) is 83.1 Å². The Kier molecular flexibility index (Phi) is 6.23. The summed E-state index contributed by atoms with van der Waals surface area (Å²) in [4.78, 5) is 21.8. The van der Waals surface area contributed by atoms with Gasteiger partial charge in [-0.15, -0.1) is 0 Å². The number of carbonyl (C=O) groups excluding carboxylic acids is 1. The number of anilines is 1. The highest BCUT2D eigenvalue weighted by Gasteiger charge is 2.27. The lowest BCUT2D eigenvalue weighted by Gasteiger charge is -2.29. The lowest BCUT2D eigenvalue weighted by molar-refractivity contribution is -0.119. The average molecular weight is 454 g/mol. The maximum absolute atomic E-state index is 13.2. The molecule has 11 heteroatoms. The molecule has 0 radical (unpaired) electrons. The number of amides is 1. The molecule has 0 N–H and O–H groups in total. The number of rotatable bonds is 6. The van der Waals surface area contributed by atoms with Crippen molar-refractivity contribution in [2.75, 3.05) is 63.8 Å². The Morgan fingerprint density at radius 3 is 2.73 bits per heavy atom. The highest BCUT2D eigenvalue weighted by molar-refractivity contribution is 7.90. The number of ether oxygens (including phenoxy) is 3. The van der Waals surface area contributed by atoms with Gasteiger partial charge in [0.05, 0.1) is 28.3 Å². The Morgan fingerprint density at radius 1 is 1.23 bits per heavy atom. The number of aromatic nitrogens is 1. The molecule has 1 amide bonds. The van der Waals surface area contributed by atoms with Gasteiger partial charge in [0.25, 0.3) is 5.91 Å². The van der Waals surface area contributed by atoms with Gasteiger partial charge >= 0.3 is 0 Å². The molecule has 0 atom stereocenters. The first-order chi connectivity index (χ1) is 14.4. The highest BCUT2D eigenvalue weighted by atomic mass is 32.2. The van der Waals surface area contributed by atoms with Crippen molar-refractivity contribution >= 4 is 42.4 Å². The molecular formula is C19H23N3O6S2. The lowest BCUT2D eigenvalue weighted by atomic mass is 10.3. The van der Waals surface area contributed by atoms with Gasteiger partial charge in [0, 0.05) is 32.4 Å². The molecule has 2 aromatic rings. The molecule has 162 valence electrons. The molecule has 0 spiro atoms. The molecule has 1 fully saturated rings. The number of fused-ring (bicyclic) bond motifs is 1. The van der Waals surface area contributed by atoms with Crippen LogP contribution in [0.15, 0.2) is 35.1 Å².